The van der Waals surface area contributed by atoms with E-state index in [1.807, 2.05) is 0 Å². The minimum atomic E-state index is -0.576. The van der Waals surface area contributed by atoms with Crippen LogP contribution in [-0.2, 0) is 0 Å². The fraction of sp³-hybridized carbons (Fsp3) is 0.100. The van der Waals surface area contributed by atoms with Gasteiger partial charge < -0.3 is 5.21 Å². The quantitative estimate of drug-likeness (QED) is 0.447. The van der Waals surface area contributed by atoms with Crippen LogP contribution in [0.25, 0.3) is 10.9 Å². The topological polar surface area (TPSA) is 85.4 Å². The maximum atomic E-state index is 11.4. The minimum absolute atomic E-state index is 0.129. The number of hydrogen-bond donors (Lipinski definition) is 1. The largest absolute Gasteiger partial charge is 0.425 e. The van der Waals surface area contributed by atoms with Crippen molar-refractivity contribution in [2.45, 2.75) is 6.92 Å². The molecule has 0 aliphatic rings. The molecule has 0 aliphatic carbocycles. The van der Waals surface area contributed by atoms with Gasteiger partial charge in [-0.3, -0.25) is 14.9 Å². The number of aromatic nitrogens is 1. The van der Waals surface area contributed by atoms with Crippen LogP contribution in [0.3, 0.4) is 0 Å². The summed E-state index contributed by atoms with van der Waals surface area (Å²) in [7, 11) is 0. The lowest BCUT2D eigenvalue weighted by molar-refractivity contribution is -0.383. The summed E-state index contributed by atoms with van der Waals surface area (Å²) >= 11 is 0. The Hall–Kier alpha value is -2.37. The summed E-state index contributed by atoms with van der Waals surface area (Å²) < 4.78 is 0.428. The molecule has 0 aliphatic heterocycles. The molecule has 1 aromatic carbocycles. The first kappa shape index (κ1) is 10.2. The van der Waals surface area contributed by atoms with Crippen LogP contribution in [0, 0.1) is 17.0 Å². The van der Waals surface area contributed by atoms with Crippen LogP contribution in [0.1, 0.15) is 5.56 Å². The summed E-state index contributed by atoms with van der Waals surface area (Å²) in [6.07, 6.45) is 0. The molecule has 1 heterocycles. The van der Waals surface area contributed by atoms with Crippen molar-refractivity contribution in [2.24, 2.45) is 0 Å². The molecular weight excluding hydrogens is 212 g/mol. The highest BCUT2D eigenvalue weighted by molar-refractivity contribution is 5.88. The molecule has 0 radical (unpaired) electrons. The molecule has 2 aromatic rings. The summed E-state index contributed by atoms with van der Waals surface area (Å²) in [6, 6.07) is 5.60. The number of hydrogen-bond acceptors (Lipinski definition) is 4. The van der Waals surface area contributed by atoms with Gasteiger partial charge in [0.2, 0.25) is 0 Å². The van der Waals surface area contributed by atoms with Crippen molar-refractivity contribution in [3.8, 4) is 0 Å². The van der Waals surface area contributed by atoms with E-state index in [-0.39, 0.29) is 22.2 Å². The van der Waals surface area contributed by atoms with E-state index in [0.29, 0.717) is 4.73 Å². The average Bonchev–Trinajstić information content (AvgIpc) is 2.25. The molecule has 0 fully saturated rings. The summed E-state index contributed by atoms with van der Waals surface area (Å²) in [6.45, 7) is 1.49. The predicted octanol–water partition coefficient (Wildman–Crippen LogP) is 1.46. The zero-order valence-corrected chi connectivity index (χ0v) is 8.38. The van der Waals surface area contributed by atoms with E-state index in [1.165, 1.54) is 31.2 Å². The molecule has 0 spiro atoms. The highest BCUT2D eigenvalue weighted by Gasteiger charge is 2.15. The Balaban J connectivity index is 3.01. The second-order valence-corrected chi connectivity index (χ2v) is 3.41. The van der Waals surface area contributed by atoms with E-state index < -0.39 is 10.5 Å². The summed E-state index contributed by atoms with van der Waals surface area (Å²) in [5.41, 5.74) is -0.328. The fourth-order valence-corrected chi connectivity index (χ4v) is 1.59. The van der Waals surface area contributed by atoms with Gasteiger partial charge in [-0.05, 0) is 19.1 Å². The monoisotopic (exact) mass is 220 g/mol. The molecule has 0 saturated heterocycles. The third-order valence-electron chi connectivity index (χ3n) is 2.38. The van der Waals surface area contributed by atoms with Crippen molar-refractivity contribution in [1.29, 1.82) is 0 Å². The third-order valence-corrected chi connectivity index (χ3v) is 2.38. The van der Waals surface area contributed by atoms with Gasteiger partial charge in [0.15, 0.2) is 0 Å². The smallest absolute Gasteiger partial charge is 0.286 e. The first-order valence-electron chi connectivity index (χ1n) is 4.51. The lowest BCUT2D eigenvalue weighted by Gasteiger charge is -2.04. The molecule has 0 bridgehead atoms. The Morgan fingerprint density at radius 1 is 1.44 bits per heavy atom. The number of nitro benzene ring substituents is 1. The zero-order valence-electron chi connectivity index (χ0n) is 8.38. The van der Waals surface area contributed by atoms with Crippen molar-refractivity contribution in [2.75, 3.05) is 0 Å². The van der Waals surface area contributed by atoms with Crippen LogP contribution >= 0.6 is 0 Å². The van der Waals surface area contributed by atoms with Crippen LogP contribution in [0.5, 0.6) is 0 Å². The second-order valence-electron chi connectivity index (χ2n) is 3.41. The zero-order chi connectivity index (χ0) is 11.9. The Morgan fingerprint density at radius 2 is 2.12 bits per heavy atom. The van der Waals surface area contributed by atoms with E-state index >= 15 is 0 Å². The number of nitrogens with zero attached hydrogens (tertiary/aromatic N) is 2. The Kier molecular flexibility index (Phi) is 2.12. The molecule has 1 N–H and O–H groups in total. The van der Waals surface area contributed by atoms with Crippen LogP contribution in [-0.4, -0.2) is 14.9 Å². The molecule has 0 saturated carbocycles. The fourth-order valence-electron chi connectivity index (χ4n) is 1.59. The molecule has 16 heavy (non-hydrogen) atoms. The van der Waals surface area contributed by atoms with Gasteiger partial charge in [0.25, 0.3) is 11.2 Å². The predicted molar refractivity (Wildman–Crippen MR) is 56.8 cm³/mol. The van der Waals surface area contributed by atoms with Crippen LogP contribution < -0.4 is 5.56 Å². The molecule has 0 unspecified atom stereocenters. The second kappa shape index (κ2) is 3.34. The van der Waals surface area contributed by atoms with E-state index in [1.54, 1.807) is 0 Å². The van der Waals surface area contributed by atoms with Crippen molar-refractivity contribution in [1.82, 2.24) is 4.73 Å². The first-order valence-corrected chi connectivity index (χ1v) is 4.51. The summed E-state index contributed by atoms with van der Waals surface area (Å²) in [4.78, 5) is 21.6. The van der Waals surface area contributed by atoms with Gasteiger partial charge >= 0.3 is 0 Å². The average molecular weight is 220 g/mol. The maximum Gasteiger partial charge on any atom is 0.286 e. The number of pyridine rings is 1. The van der Waals surface area contributed by atoms with Gasteiger partial charge in [-0.2, -0.15) is 0 Å². The number of benzene rings is 1. The normalized spacial score (nSPS) is 10.6. The van der Waals surface area contributed by atoms with Crippen molar-refractivity contribution >= 4 is 16.6 Å². The Labute approximate surface area is 89.5 Å². The lowest BCUT2D eigenvalue weighted by atomic mass is 10.1. The van der Waals surface area contributed by atoms with Crippen molar-refractivity contribution in [3.05, 3.63) is 50.3 Å². The highest BCUT2D eigenvalue weighted by atomic mass is 16.6. The number of fused-ring (bicyclic) bond motifs is 1. The number of nitro groups is 1. The van der Waals surface area contributed by atoms with Gasteiger partial charge in [0.05, 0.1) is 15.8 Å². The van der Waals surface area contributed by atoms with Gasteiger partial charge in [-0.25, -0.2) is 0 Å². The SMILES string of the molecule is Cc1cc2c([N+](=O)[O-])cccc2n(O)c1=O. The molecule has 6 heteroatoms. The molecule has 82 valence electrons. The Morgan fingerprint density at radius 3 is 2.75 bits per heavy atom. The first-order chi connectivity index (χ1) is 7.52. The number of non-ortho nitro benzene ring substituents is 1. The molecule has 2 rings (SSSR count). The van der Waals surface area contributed by atoms with Crippen LogP contribution in [0.4, 0.5) is 5.69 Å². The van der Waals surface area contributed by atoms with Crippen molar-refractivity contribution < 1.29 is 10.1 Å². The van der Waals surface area contributed by atoms with Crippen LogP contribution in [0.15, 0.2) is 29.1 Å². The van der Waals surface area contributed by atoms with Gasteiger partial charge in [-0.1, -0.05) is 6.07 Å². The van der Waals surface area contributed by atoms with E-state index in [0.717, 1.165) is 0 Å². The summed E-state index contributed by atoms with van der Waals surface area (Å²) in [5.74, 6) is 0. The van der Waals surface area contributed by atoms with E-state index in [4.69, 9.17) is 0 Å². The molecule has 0 atom stereocenters. The molecule has 0 amide bonds. The maximum absolute atomic E-state index is 11.4. The number of aryl methyl sites for hydroxylation is 1. The highest BCUT2D eigenvalue weighted by Crippen LogP contribution is 2.24. The Bertz CT molecular complexity index is 645. The van der Waals surface area contributed by atoms with Crippen molar-refractivity contribution in [3.63, 3.8) is 0 Å². The molecule has 1 aromatic heterocycles. The molecular formula is C10H8N2O4. The third kappa shape index (κ3) is 1.31. The summed E-state index contributed by atoms with van der Waals surface area (Å²) in [5, 5.41) is 20.5. The molecule has 6 nitrogen and oxygen atoms in total. The van der Waals surface area contributed by atoms with Crippen LogP contribution in [0.2, 0.25) is 0 Å². The minimum Gasteiger partial charge on any atom is -0.425 e. The number of rotatable bonds is 1. The standard InChI is InChI=1S/C10H8N2O4/c1-6-5-7-8(11(14)10(6)13)3-2-4-9(7)12(15)16/h2-5,14H,1H3. The van der Waals surface area contributed by atoms with E-state index in [9.17, 15) is 20.1 Å². The van der Waals surface area contributed by atoms with Gasteiger partial charge in [0, 0.05) is 11.6 Å². The van der Waals surface area contributed by atoms with E-state index in [2.05, 4.69) is 0 Å². The van der Waals surface area contributed by atoms with Gasteiger partial charge in [0.1, 0.15) is 0 Å². The van der Waals surface area contributed by atoms with Gasteiger partial charge in [-0.15, -0.1) is 4.73 Å². The lowest BCUT2D eigenvalue weighted by Crippen LogP contribution is -2.20.